The largest absolute Gasteiger partial charge is 0.497 e. The number of methoxy groups -OCH3 is 1. The van der Waals surface area contributed by atoms with Gasteiger partial charge in [0.2, 0.25) is 5.91 Å². The normalized spacial score (nSPS) is 11.7. The number of hydrogen-bond acceptors (Lipinski definition) is 3. The van der Waals surface area contributed by atoms with Crippen LogP contribution in [0.1, 0.15) is 13.8 Å². The zero-order chi connectivity index (χ0) is 11.3. The molecule has 2 N–H and O–H groups in total. The minimum Gasteiger partial charge on any atom is -0.497 e. The zero-order valence-electron chi connectivity index (χ0n) is 9.20. The van der Waals surface area contributed by atoms with Gasteiger partial charge in [-0.25, -0.2) is 0 Å². The number of ether oxygens (including phenoxy) is 1. The van der Waals surface area contributed by atoms with Crippen molar-refractivity contribution in [2.75, 3.05) is 12.4 Å². The molecule has 0 aromatic heterocycles. The summed E-state index contributed by atoms with van der Waals surface area (Å²) in [7, 11) is 1.62. The van der Waals surface area contributed by atoms with Crippen molar-refractivity contribution in [3.63, 3.8) is 0 Å². The van der Waals surface area contributed by atoms with Crippen LogP contribution in [0.25, 0.3) is 0 Å². The lowest BCUT2D eigenvalue weighted by atomic mass is 10.3. The highest BCUT2D eigenvalue weighted by molar-refractivity contribution is 5.73. The third-order valence-electron chi connectivity index (χ3n) is 1.87. The topological polar surface area (TPSA) is 50.4 Å². The molecule has 1 atom stereocenters. The SMILES string of the molecule is COc1cccc(NC(C)NC(C)=O)c1. The van der Waals surface area contributed by atoms with Crippen molar-refractivity contribution in [2.45, 2.75) is 20.0 Å². The molecule has 4 nitrogen and oxygen atoms in total. The van der Waals surface area contributed by atoms with Gasteiger partial charge in [0, 0.05) is 18.7 Å². The second-order valence-corrected chi connectivity index (χ2v) is 3.30. The average molecular weight is 208 g/mol. The first-order valence-corrected chi connectivity index (χ1v) is 4.79. The number of rotatable bonds is 4. The van der Waals surface area contributed by atoms with Crippen molar-refractivity contribution in [2.24, 2.45) is 0 Å². The van der Waals surface area contributed by atoms with Gasteiger partial charge in [0.1, 0.15) is 5.75 Å². The predicted octanol–water partition coefficient (Wildman–Crippen LogP) is 1.59. The van der Waals surface area contributed by atoms with Crippen LogP contribution in [0.3, 0.4) is 0 Å². The minimum atomic E-state index is -0.102. The summed E-state index contributed by atoms with van der Waals surface area (Å²) in [6.07, 6.45) is -0.102. The van der Waals surface area contributed by atoms with Crippen LogP contribution < -0.4 is 15.4 Å². The summed E-state index contributed by atoms with van der Waals surface area (Å²) in [6.45, 7) is 3.37. The van der Waals surface area contributed by atoms with E-state index in [-0.39, 0.29) is 12.1 Å². The average Bonchev–Trinajstić information content (AvgIpc) is 2.16. The van der Waals surface area contributed by atoms with Crippen molar-refractivity contribution in [1.82, 2.24) is 5.32 Å². The van der Waals surface area contributed by atoms with Crippen molar-refractivity contribution in [1.29, 1.82) is 0 Å². The molecule has 0 saturated heterocycles. The minimum absolute atomic E-state index is 0.0575. The molecular formula is C11H16N2O2. The van der Waals surface area contributed by atoms with E-state index in [1.54, 1.807) is 7.11 Å². The Bertz CT molecular complexity index is 339. The summed E-state index contributed by atoms with van der Waals surface area (Å²) in [5, 5.41) is 5.87. The maximum atomic E-state index is 10.8. The van der Waals surface area contributed by atoms with E-state index in [1.165, 1.54) is 6.92 Å². The van der Waals surface area contributed by atoms with E-state index in [0.717, 1.165) is 11.4 Å². The van der Waals surface area contributed by atoms with Gasteiger partial charge in [0.05, 0.1) is 13.3 Å². The Morgan fingerprint density at radius 1 is 1.47 bits per heavy atom. The van der Waals surface area contributed by atoms with Crippen LogP contribution in [0.2, 0.25) is 0 Å². The summed E-state index contributed by atoms with van der Waals surface area (Å²) in [5.74, 6) is 0.730. The summed E-state index contributed by atoms with van der Waals surface area (Å²) in [4.78, 5) is 10.8. The Morgan fingerprint density at radius 3 is 2.80 bits per heavy atom. The molecule has 1 unspecified atom stereocenters. The van der Waals surface area contributed by atoms with Crippen molar-refractivity contribution >= 4 is 11.6 Å². The molecule has 0 saturated carbocycles. The van der Waals surface area contributed by atoms with E-state index in [1.807, 2.05) is 31.2 Å². The molecule has 1 aromatic carbocycles. The molecule has 15 heavy (non-hydrogen) atoms. The van der Waals surface area contributed by atoms with Gasteiger partial charge < -0.3 is 15.4 Å². The van der Waals surface area contributed by atoms with Crippen LogP contribution in [-0.2, 0) is 4.79 Å². The van der Waals surface area contributed by atoms with Crippen LogP contribution in [0.4, 0.5) is 5.69 Å². The molecule has 0 aliphatic heterocycles. The second kappa shape index (κ2) is 5.24. The van der Waals surface area contributed by atoms with Gasteiger partial charge in [-0.2, -0.15) is 0 Å². The first-order chi connectivity index (χ1) is 7.11. The molecule has 0 aliphatic rings. The van der Waals surface area contributed by atoms with Crippen molar-refractivity contribution < 1.29 is 9.53 Å². The number of benzene rings is 1. The van der Waals surface area contributed by atoms with Crippen LogP contribution in [-0.4, -0.2) is 19.2 Å². The molecule has 1 rings (SSSR count). The van der Waals surface area contributed by atoms with E-state index in [4.69, 9.17) is 4.74 Å². The third kappa shape index (κ3) is 3.89. The fraction of sp³-hybridized carbons (Fsp3) is 0.364. The van der Waals surface area contributed by atoms with Gasteiger partial charge in [0.25, 0.3) is 0 Å². The molecule has 0 aliphatic carbocycles. The van der Waals surface area contributed by atoms with Gasteiger partial charge in [-0.3, -0.25) is 4.79 Å². The van der Waals surface area contributed by atoms with E-state index in [2.05, 4.69) is 10.6 Å². The van der Waals surface area contributed by atoms with E-state index in [9.17, 15) is 4.79 Å². The number of nitrogens with one attached hydrogen (secondary N) is 2. The van der Waals surface area contributed by atoms with E-state index in [0.29, 0.717) is 0 Å². The third-order valence-corrected chi connectivity index (χ3v) is 1.87. The fourth-order valence-electron chi connectivity index (χ4n) is 1.30. The number of amides is 1. The Morgan fingerprint density at radius 2 is 2.20 bits per heavy atom. The lowest BCUT2D eigenvalue weighted by Crippen LogP contribution is -2.36. The zero-order valence-corrected chi connectivity index (χ0v) is 9.20. The molecule has 4 heteroatoms. The lowest BCUT2D eigenvalue weighted by molar-refractivity contribution is -0.119. The van der Waals surface area contributed by atoms with Crippen molar-refractivity contribution in [3.8, 4) is 5.75 Å². The molecule has 1 amide bonds. The molecular weight excluding hydrogens is 192 g/mol. The molecule has 1 aromatic rings. The first kappa shape index (κ1) is 11.4. The van der Waals surface area contributed by atoms with Gasteiger partial charge in [0.15, 0.2) is 0 Å². The molecule has 0 heterocycles. The van der Waals surface area contributed by atoms with Crippen LogP contribution in [0.15, 0.2) is 24.3 Å². The second-order valence-electron chi connectivity index (χ2n) is 3.30. The Labute approximate surface area is 89.6 Å². The Balaban J connectivity index is 2.59. The lowest BCUT2D eigenvalue weighted by Gasteiger charge is -2.16. The molecule has 0 fully saturated rings. The van der Waals surface area contributed by atoms with Crippen LogP contribution >= 0.6 is 0 Å². The highest BCUT2D eigenvalue weighted by Gasteiger charge is 2.02. The predicted molar refractivity (Wildman–Crippen MR) is 59.9 cm³/mol. The summed E-state index contributed by atoms with van der Waals surface area (Å²) in [6, 6.07) is 7.55. The van der Waals surface area contributed by atoms with Gasteiger partial charge in [-0.15, -0.1) is 0 Å². The van der Waals surface area contributed by atoms with E-state index < -0.39 is 0 Å². The van der Waals surface area contributed by atoms with Gasteiger partial charge in [-0.05, 0) is 19.1 Å². The van der Waals surface area contributed by atoms with Crippen LogP contribution in [0, 0.1) is 0 Å². The van der Waals surface area contributed by atoms with Crippen LogP contribution in [0.5, 0.6) is 5.75 Å². The standard InChI is InChI=1S/C11H16N2O2/c1-8(12-9(2)14)13-10-5-4-6-11(7-10)15-3/h4-8,13H,1-3H3,(H,12,14). The first-order valence-electron chi connectivity index (χ1n) is 4.79. The summed E-state index contributed by atoms with van der Waals surface area (Å²) >= 11 is 0. The molecule has 82 valence electrons. The Kier molecular flexibility index (Phi) is 3.97. The highest BCUT2D eigenvalue weighted by Crippen LogP contribution is 2.16. The molecule has 0 radical (unpaired) electrons. The smallest absolute Gasteiger partial charge is 0.218 e. The monoisotopic (exact) mass is 208 g/mol. The van der Waals surface area contributed by atoms with Gasteiger partial charge in [-0.1, -0.05) is 6.07 Å². The van der Waals surface area contributed by atoms with Crippen molar-refractivity contribution in [3.05, 3.63) is 24.3 Å². The summed E-state index contributed by atoms with van der Waals surface area (Å²) < 4.78 is 5.09. The summed E-state index contributed by atoms with van der Waals surface area (Å²) in [5.41, 5.74) is 0.913. The Hall–Kier alpha value is -1.71. The maximum Gasteiger partial charge on any atom is 0.218 e. The maximum absolute atomic E-state index is 10.8. The number of anilines is 1. The van der Waals surface area contributed by atoms with E-state index >= 15 is 0 Å². The van der Waals surface area contributed by atoms with Gasteiger partial charge >= 0.3 is 0 Å². The highest BCUT2D eigenvalue weighted by atomic mass is 16.5. The quantitative estimate of drug-likeness (QED) is 0.739. The fourth-order valence-corrected chi connectivity index (χ4v) is 1.30. The number of carbonyl (C=O) groups is 1. The number of carbonyl (C=O) groups excluding carboxylic acids is 1. The molecule has 0 spiro atoms. The molecule has 0 bridgehead atoms. The number of hydrogen-bond donors (Lipinski definition) is 2.